The molecule has 1 unspecified atom stereocenters. The lowest BCUT2D eigenvalue weighted by Crippen LogP contribution is -2.17. The summed E-state index contributed by atoms with van der Waals surface area (Å²) in [6.45, 7) is 0.832. The molecule has 0 saturated heterocycles. The Bertz CT molecular complexity index is 814. The van der Waals surface area contributed by atoms with Gasteiger partial charge in [0.05, 0.1) is 12.8 Å². The summed E-state index contributed by atoms with van der Waals surface area (Å²) >= 11 is 1.19. The molecule has 1 N–H and O–H groups in total. The Morgan fingerprint density at radius 2 is 1.96 bits per heavy atom. The van der Waals surface area contributed by atoms with Crippen LogP contribution in [0.25, 0.3) is 0 Å². The van der Waals surface area contributed by atoms with Gasteiger partial charge in [-0.25, -0.2) is 9.99 Å². The maximum absolute atomic E-state index is 12.7. The van der Waals surface area contributed by atoms with Crippen LogP contribution in [0, 0.1) is 0 Å². The van der Waals surface area contributed by atoms with Gasteiger partial charge < -0.3 is 4.52 Å². The van der Waals surface area contributed by atoms with Crippen LogP contribution in [-0.4, -0.2) is 24.5 Å². The van der Waals surface area contributed by atoms with Gasteiger partial charge in [0.15, 0.2) is 0 Å². The molecule has 2 aromatic rings. The zero-order valence-electron chi connectivity index (χ0n) is 15.3. The average molecular weight is 406 g/mol. The normalized spacial score (nSPS) is 13.3. The molecule has 0 fully saturated rings. The van der Waals surface area contributed by atoms with Crippen molar-refractivity contribution in [2.75, 3.05) is 12.4 Å². The van der Waals surface area contributed by atoms with Gasteiger partial charge in [-0.05, 0) is 54.6 Å². The van der Waals surface area contributed by atoms with E-state index in [2.05, 4.69) is 10.5 Å². The van der Waals surface area contributed by atoms with Crippen LogP contribution >= 0.6 is 18.2 Å². The molecule has 1 atom stereocenters. The first kappa shape index (κ1) is 21.2. The molecule has 0 heterocycles. The number of amides is 1. The van der Waals surface area contributed by atoms with E-state index < -0.39 is 6.80 Å². The highest BCUT2D eigenvalue weighted by Crippen LogP contribution is 2.60. The van der Waals surface area contributed by atoms with Crippen molar-refractivity contribution in [1.82, 2.24) is 5.43 Å². The molecule has 0 bridgehead atoms. The molecule has 0 aliphatic carbocycles. The number of carbonyl (C=O) groups is 1. The summed E-state index contributed by atoms with van der Waals surface area (Å²) in [5.74, 6) is 0.814. The molecule has 0 spiro atoms. The fraction of sp³-hybridized carbons (Fsp3) is 0.263. The van der Waals surface area contributed by atoms with Gasteiger partial charge in [-0.2, -0.15) is 5.10 Å². The van der Waals surface area contributed by atoms with E-state index in [9.17, 15) is 9.36 Å². The van der Waals surface area contributed by atoms with E-state index >= 15 is 0 Å². The Morgan fingerprint density at radius 3 is 2.67 bits per heavy atom. The summed E-state index contributed by atoms with van der Waals surface area (Å²) in [4.78, 5) is 12.0. The molecule has 6 nitrogen and oxygen atoms in total. The van der Waals surface area contributed by atoms with Crippen molar-refractivity contribution >= 4 is 30.3 Å². The second-order valence-corrected chi connectivity index (χ2v) is 9.55. The Hall–Kier alpha value is -2.08. The Morgan fingerprint density at radius 1 is 1.19 bits per heavy atom. The molecule has 2 aromatic carbocycles. The van der Waals surface area contributed by atoms with Gasteiger partial charge in [-0.3, -0.25) is 9.32 Å². The third-order valence-electron chi connectivity index (χ3n) is 3.23. The largest absolute Gasteiger partial charge is 0.440 e. The molecular weight excluding hydrogens is 383 g/mol. The molecule has 8 heteroatoms. The first-order valence-corrected chi connectivity index (χ1v) is 11.8. The van der Waals surface area contributed by atoms with Crippen LogP contribution in [0.2, 0.25) is 0 Å². The first-order valence-electron chi connectivity index (χ1n) is 8.63. The number of hydrogen-bond acceptors (Lipinski definition) is 6. The summed E-state index contributed by atoms with van der Waals surface area (Å²) in [6.07, 6.45) is 2.37. The second kappa shape index (κ2) is 10.9. The molecule has 144 valence electrons. The van der Waals surface area contributed by atoms with E-state index in [0.29, 0.717) is 29.2 Å². The van der Waals surface area contributed by atoms with Gasteiger partial charge in [0, 0.05) is 11.3 Å². The van der Waals surface area contributed by atoms with Crippen molar-refractivity contribution in [3.63, 3.8) is 0 Å². The first-order chi connectivity index (χ1) is 13.1. The van der Waals surface area contributed by atoms with Crippen LogP contribution in [0.1, 0.15) is 36.2 Å². The van der Waals surface area contributed by atoms with Crippen LogP contribution < -0.4 is 9.95 Å². The standard InChI is InChI=1S/C19H23N2O4PS/c1-3-13-27-26(23,24-4-2)25-18-12-8-9-16(14-18)15-20-21-19(22)17-10-6-5-7-11-17/h5-12,14-15H,3-4,13H2,1-2H3,(H,21,22). The minimum Gasteiger partial charge on any atom is -0.417 e. The van der Waals surface area contributed by atoms with Crippen molar-refractivity contribution in [3.05, 3.63) is 65.7 Å². The third-order valence-corrected chi connectivity index (χ3v) is 7.18. The average Bonchev–Trinajstić information content (AvgIpc) is 2.67. The molecule has 1 amide bonds. The summed E-state index contributed by atoms with van der Waals surface area (Å²) in [5, 5.41) is 3.96. The minimum absolute atomic E-state index is 0.295. The minimum atomic E-state index is -3.26. The van der Waals surface area contributed by atoms with Crippen molar-refractivity contribution in [2.45, 2.75) is 20.3 Å². The molecule has 0 radical (unpaired) electrons. The van der Waals surface area contributed by atoms with Crippen LogP contribution in [0.15, 0.2) is 59.7 Å². The van der Waals surface area contributed by atoms with Crippen molar-refractivity contribution in [1.29, 1.82) is 0 Å². The van der Waals surface area contributed by atoms with E-state index in [1.807, 2.05) is 13.0 Å². The van der Waals surface area contributed by atoms with Gasteiger partial charge in [-0.1, -0.05) is 37.3 Å². The molecule has 27 heavy (non-hydrogen) atoms. The maximum Gasteiger partial charge on any atom is 0.440 e. The van der Waals surface area contributed by atoms with Crippen LogP contribution in [0.5, 0.6) is 5.75 Å². The second-order valence-electron chi connectivity index (χ2n) is 5.43. The Balaban J connectivity index is 2.01. The third kappa shape index (κ3) is 7.21. The molecule has 2 rings (SSSR count). The van der Waals surface area contributed by atoms with Crippen LogP contribution in [0.4, 0.5) is 0 Å². The Kier molecular flexibility index (Phi) is 8.58. The SMILES string of the molecule is CCCSP(=O)(OCC)Oc1cccc(C=NNC(=O)c2ccccc2)c1. The highest BCUT2D eigenvalue weighted by atomic mass is 32.7. The Labute approximate surface area is 163 Å². The lowest BCUT2D eigenvalue weighted by Gasteiger charge is -2.17. The van der Waals surface area contributed by atoms with Gasteiger partial charge in [0.1, 0.15) is 5.75 Å². The van der Waals surface area contributed by atoms with E-state index in [1.165, 1.54) is 17.6 Å². The van der Waals surface area contributed by atoms with Gasteiger partial charge in [-0.15, -0.1) is 0 Å². The fourth-order valence-electron chi connectivity index (χ4n) is 2.05. The molecule has 0 aliphatic rings. The molecular formula is C19H23N2O4PS. The zero-order chi connectivity index (χ0) is 19.5. The lowest BCUT2D eigenvalue weighted by atomic mass is 10.2. The summed E-state index contributed by atoms with van der Waals surface area (Å²) in [5.41, 5.74) is 3.69. The van der Waals surface area contributed by atoms with E-state index in [-0.39, 0.29) is 5.91 Å². The lowest BCUT2D eigenvalue weighted by molar-refractivity contribution is 0.0955. The quantitative estimate of drug-likeness (QED) is 0.337. The van der Waals surface area contributed by atoms with Crippen LogP contribution in [0.3, 0.4) is 0 Å². The number of rotatable bonds is 10. The summed E-state index contributed by atoms with van der Waals surface area (Å²) in [7, 11) is 0. The summed E-state index contributed by atoms with van der Waals surface area (Å²) < 4.78 is 23.7. The molecule has 0 saturated carbocycles. The number of hydrazone groups is 1. The van der Waals surface area contributed by atoms with Gasteiger partial charge >= 0.3 is 6.80 Å². The van der Waals surface area contributed by atoms with E-state index in [4.69, 9.17) is 9.05 Å². The topological polar surface area (TPSA) is 77.0 Å². The molecule has 0 aromatic heterocycles. The van der Waals surface area contributed by atoms with Crippen molar-refractivity contribution in [3.8, 4) is 5.75 Å². The molecule has 0 aliphatic heterocycles. The maximum atomic E-state index is 12.7. The number of benzene rings is 2. The van der Waals surface area contributed by atoms with E-state index in [0.717, 1.165) is 6.42 Å². The predicted molar refractivity (Wildman–Crippen MR) is 111 cm³/mol. The number of carbonyl (C=O) groups excluding carboxylic acids is 1. The highest BCUT2D eigenvalue weighted by molar-refractivity contribution is 8.55. The number of nitrogens with one attached hydrogen (secondary N) is 1. The number of nitrogens with zero attached hydrogens (tertiary/aromatic N) is 1. The smallest absolute Gasteiger partial charge is 0.417 e. The van der Waals surface area contributed by atoms with Gasteiger partial charge in [0.2, 0.25) is 0 Å². The summed E-state index contributed by atoms with van der Waals surface area (Å²) in [6, 6.07) is 15.8. The highest BCUT2D eigenvalue weighted by Gasteiger charge is 2.26. The zero-order valence-corrected chi connectivity index (χ0v) is 17.0. The van der Waals surface area contributed by atoms with Gasteiger partial charge in [0.25, 0.3) is 5.91 Å². The van der Waals surface area contributed by atoms with Crippen molar-refractivity contribution < 1.29 is 18.4 Å². The van der Waals surface area contributed by atoms with Crippen LogP contribution in [-0.2, 0) is 9.09 Å². The van der Waals surface area contributed by atoms with Crippen molar-refractivity contribution in [2.24, 2.45) is 5.10 Å². The monoisotopic (exact) mass is 406 g/mol. The predicted octanol–water partition coefficient (Wildman–Crippen LogP) is 5.12. The number of hydrogen-bond donors (Lipinski definition) is 1. The fourth-order valence-corrected chi connectivity index (χ4v) is 5.50. The van der Waals surface area contributed by atoms with E-state index in [1.54, 1.807) is 55.5 Å².